The summed E-state index contributed by atoms with van der Waals surface area (Å²) >= 11 is 0. The zero-order valence-corrected chi connectivity index (χ0v) is 13.0. The van der Waals surface area contributed by atoms with Crippen LogP contribution in [0.5, 0.6) is 0 Å². The predicted molar refractivity (Wildman–Crippen MR) is 82.0 cm³/mol. The lowest BCUT2D eigenvalue weighted by atomic mass is 9.82. The molecule has 1 rings (SSSR count). The predicted octanol–water partition coefficient (Wildman–Crippen LogP) is 1.62. The molecular formula is C16H26N2O2. The number of hydrogen-bond donors (Lipinski definition) is 2. The van der Waals surface area contributed by atoms with Gasteiger partial charge in [0.15, 0.2) is 0 Å². The Hall–Kier alpha value is -1.39. The van der Waals surface area contributed by atoms with Gasteiger partial charge < -0.3 is 15.4 Å². The van der Waals surface area contributed by atoms with E-state index in [0.29, 0.717) is 26.2 Å². The van der Waals surface area contributed by atoms with E-state index in [2.05, 4.69) is 43.5 Å². The van der Waals surface area contributed by atoms with E-state index in [1.54, 1.807) is 7.11 Å². The second-order valence-corrected chi connectivity index (χ2v) is 5.65. The highest BCUT2D eigenvalue weighted by molar-refractivity contribution is 5.78. The molecule has 0 aromatic heterocycles. The summed E-state index contributed by atoms with van der Waals surface area (Å²) in [4.78, 5) is 11.8. The second kappa shape index (κ2) is 8.02. The first kappa shape index (κ1) is 16.7. The van der Waals surface area contributed by atoms with Gasteiger partial charge in [-0.2, -0.15) is 0 Å². The third kappa shape index (κ3) is 5.31. The Kier molecular flexibility index (Phi) is 6.68. The Morgan fingerprint density at radius 3 is 2.65 bits per heavy atom. The van der Waals surface area contributed by atoms with E-state index in [0.717, 1.165) is 0 Å². The van der Waals surface area contributed by atoms with Crippen LogP contribution in [0.2, 0.25) is 0 Å². The van der Waals surface area contributed by atoms with Crippen molar-refractivity contribution in [3.8, 4) is 0 Å². The maximum absolute atomic E-state index is 11.8. The fraction of sp³-hybridized carbons (Fsp3) is 0.562. The first-order chi connectivity index (χ1) is 9.47. The smallest absolute Gasteiger partial charge is 0.233 e. The third-order valence-corrected chi connectivity index (χ3v) is 3.37. The van der Waals surface area contributed by atoms with Crippen molar-refractivity contribution in [3.05, 3.63) is 35.4 Å². The maximum atomic E-state index is 11.8. The van der Waals surface area contributed by atoms with Crippen molar-refractivity contribution in [2.75, 3.05) is 33.4 Å². The minimum absolute atomic E-state index is 0.0164. The molecule has 0 heterocycles. The molecule has 0 saturated heterocycles. The number of amides is 1. The first-order valence-electron chi connectivity index (χ1n) is 7.00. The third-order valence-electron chi connectivity index (χ3n) is 3.37. The Labute approximate surface area is 121 Å². The molecule has 112 valence electrons. The van der Waals surface area contributed by atoms with Gasteiger partial charge in [-0.3, -0.25) is 4.79 Å². The van der Waals surface area contributed by atoms with Crippen molar-refractivity contribution in [1.29, 1.82) is 0 Å². The molecule has 0 fully saturated rings. The van der Waals surface area contributed by atoms with Gasteiger partial charge in [-0.25, -0.2) is 0 Å². The normalized spacial score (nSPS) is 11.4. The number of rotatable bonds is 8. The molecule has 2 N–H and O–H groups in total. The zero-order chi connectivity index (χ0) is 15.0. The quantitative estimate of drug-likeness (QED) is 0.711. The summed E-state index contributed by atoms with van der Waals surface area (Å²) in [6.07, 6.45) is 0. The van der Waals surface area contributed by atoms with Crippen molar-refractivity contribution in [2.24, 2.45) is 0 Å². The number of hydrogen-bond acceptors (Lipinski definition) is 3. The van der Waals surface area contributed by atoms with E-state index in [4.69, 9.17) is 4.74 Å². The summed E-state index contributed by atoms with van der Waals surface area (Å²) < 4.78 is 4.91. The molecule has 0 saturated carbocycles. The molecule has 0 aliphatic carbocycles. The maximum Gasteiger partial charge on any atom is 0.233 e. The van der Waals surface area contributed by atoms with Crippen LogP contribution in [-0.4, -0.2) is 39.3 Å². The lowest BCUT2D eigenvalue weighted by Crippen LogP contribution is -2.41. The van der Waals surface area contributed by atoms with Crippen LogP contribution >= 0.6 is 0 Å². The Morgan fingerprint density at radius 2 is 2.00 bits per heavy atom. The lowest BCUT2D eigenvalue weighted by Gasteiger charge is -2.27. The molecule has 0 atom stereocenters. The molecule has 0 unspecified atom stereocenters. The SMILES string of the molecule is COCCNCC(=O)NCC(C)(C)c1ccccc1C. The highest BCUT2D eigenvalue weighted by atomic mass is 16.5. The molecule has 1 amide bonds. The van der Waals surface area contributed by atoms with E-state index < -0.39 is 0 Å². The topological polar surface area (TPSA) is 50.4 Å². The van der Waals surface area contributed by atoms with Crippen LogP contribution in [0.4, 0.5) is 0 Å². The number of ether oxygens (including phenoxy) is 1. The monoisotopic (exact) mass is 278 g/mol. The van der Waals surface area contributed by atoms with E-state index >= 15 is 0 Å². The van der Waals surface area contributed by atoms with Gasteiger partial charge in [0.05, 0.1) is 13.2 Å². The van der Waals surface area contributed by atoms with Crippen molar-refractivity contribution in [1.82, 2.24) is 10.6 Å². The highest BCUT2D eigenvalue weighted by Gasteiger charge is 2.22. The molecule has 0 aliphatic heterocycles. The number of aryl methyl sites for hydroxylation is 1. The number of carbonyl (C=O) groups excluding carboxylic acids is 1. The number of benzene rings is 1. The van der Waals surface area contributed by atoms with E-state index in [9.17, 15) is 4.79 Å². The molecule has 4 nitrogen and oxygen atoms in total. The average Bonchev–Trinajstić information content (AvgIpc) is 2.42. The minimum Gasteiger partial charge on any atom is -0.383 e. The van der Waals surface area contributed by atoms with Gasteiger partial charge in [0.2, 0.25) is 5.91 Å². The van der Waals surface area contributed by atoms with Crippen LogP contribution in [0, 0.1) is 6.92 Å². The largest absolute Gasteiger partial charge is 0.383 e. The summed E-state index contributed by atoms with van der Waals surface area (Å²) in [5.41, 5.74) is 2.45. The van der Waals surface area contributed by atoms with E-state index in [1.165, 1.54) is 11.1 Å². The summed E-state index contributed by atoms with van der Waals surface area (Å²) in [5, 5.41) is 6.02. The Morgan fingerprint density at radius 1 is 1.30 bits per heavy atom. The van der Waals surface area contributed by atoms with Crippen LogP contribution in [0.25, 0.3) is 0 Å². The van der Waals surface area contributed by atoms with Gasteiger partial charge in [-0.05, 0) is 18.1 Å². The van der Waals surface area contributed by atoms with Crippen molar-refractivity contribution >= 4 is 5.91 Å². The summed E-state index contributed by atoms with van der Waals surface area (Å²) in [5.74, 6) is 0.0164. The summed E-state index contributed by atoms with van der Waals surface area (Å²) in [6.45, 7) is 8.65. The molecule has 0 spiro atoms. The molecule has 4 heteroatoms. The van der Waals surface area contributed by atoms with Crippen molar-refractivity contribution in [3.63, 3.8) is 0 Å². The molecule has 1 aromatic carbocycles. The van der Waals surface area contributed by atoms with Gasteiger partial charge in [0.25, 0.3) is 0 Å². The minimum atomic E-state index is -0.0759. The first-order valence-corrected chi connectivity index (χ1v) is 7.00. The van der Waals surface area contributed by atoms with Crippen LogP contribution in [-0.2, 0) is 14.9 Å². The average molecular weight is 278 g/mol. The fourth-order valence-electron chi connectivity index (χ4n) is 2.19. The summed E-state index contributed by atoms with van der Waals surface area (Å²) in [7, 11) is 1.65. The highest BCUT2D eigenvalue weighted by Crippen LogP contribution is 2.25. The number of methoxy groups -OCH3 is 1. The molecule has 20 heavy (non-hydrogen) atoms. The molecule has 0 bridgehead atoms. The second-order valence-electron chi connectivity index (χ2n) is 5.65. The Balaban J connectivity index is 2.43. The molecule has 1 aromatic rings. The zero-order valence-electron chi connectivity index (χ0n) is 13.0. The Bertz CT molecular complexity index is 430. The van der Waals surface area contributed by atoms with Gasteiger partial charge in [-0.1, -0.05) is 38.1 Å². The van der Waals surface area contributed by atoms with Crippen LogP contribution in [0.1, 0.15) is 25.0 Å². The summed E-state index contributed by atoms with van der Waals surface area (Å²) in [6, 6.07) is 8.30. The van der Waals surface area contributed by atoms with Crippen molar-refractivity contribution < 1.29 is 9.53 Å². The molecule has 0 aliphatic rings. The van der Waals surface area contributed by atoms with Crippen LogP contribution in [0.3, 0.4) is 0 Å². The van der Waals surface area contributed by atoms with Gasteiger partial charge in [-0.15, -0.1) is 0 Å². The van der Waals surface area contributed by atoms with Gasteiger partial charge in [0, 0.05) is 25.6 Å². The van der Waals surface area contributed by atoms with E-state index in [1.807, 2.05) is 12.1 Å². The van der Waals surface area contributed by atoms with Crippen LogP contribution < -0.4 is 10.6 Å². The van der Waals surface area contributed by atoms with Crippen molar-refractivity contribution in [2.45, 2.75) is 26.2 Å². The number of carbonyl (C=O) groups is 1. The lowest BCUT2D eigenvalue weighted by molar-refractivity contribution is -0.120. The molecule has 0 radical (unpaired) electrons. The molecular weight excluding hydrogens is 252 g/mol. The van der Waals surface area contributed by atoms with Crippen LogP contribution in [0.15, 0.2) is 24.3 Å². The van der Waals surface area contributed by atoms with Gasteiger partial charge in [0.1, 0.15) is 0 Å². The fourth-order valence-corrected chi connectivity index (χ4v) is 2.19. The van der Waals surface area contributed by atoms with Gasteiger partial charge >= 0.3 is 0 Å². The van der Waals surface area contributed by atoms with E-state index in [-0.39, 0.29) is 11.3 Å². The number of nitrogens with one attached hydrogen (secondary N) is 2. The standard InChI is InChI=1S/C16H26N2O2/c1-13-7-5-6-8-14(13)16(2,3)12-18-15(19)11-17-9-10-20-4/h5-8,17H,9-12H2,1-4H3,(H,18,19).